The monoisotopic (exact) mass is 285 g/mol. The van der Waals surface area contributed by atoms with Crippen LogP contribution < -0.4 is 11.3 Å². The molecule has 0 spiro atoms. The molecule has 102 valence electrons. The number of rotatable bonds is 1. The number of aryl methyl sites for hydroxylation is 3. The number of benzene rings is 1. The van der Waals surface area contributed by atoms with E-state index in [1.807, 2.05) is 6.92 Å². The summed E-state index contributed by atoms with van der Waals surface area (Å²) in [6, 6.07) is 6.39. The van der Waals surface area contributed by atoms with Gasteiger partial charge in [0.1, 0.15) is 4.83 Å². The summed E-state index contributed by atoms with van der Waals surface area (Å²) in [5.74, 6) is 0.163. The van der Waals surface area contributed by atoms with Crippen LogP contribution in [0.25, 0.3) is 20.7 Å². The fourth-order valence-electron chi connectivity index (χ4n) is 2.54. The largest absolute Gasteiger partial charge is 0.369 e. The van der Waals surface area contributed by atoms with Crippen LogP contribution in [0.5, 0.6) is 0 Å². The lowest BCUT2D eigenvalue weighted by Gasteiger charge is -2.03. The molecule has 0 amide bonds. The number of fused-ring (bicyclic) bond motifs is 1. The third kappa shape index (κ3) is 2.00. The van der Waals surface area contributed by atoms with E-state index in [0.29, 0.717) is 10.2 Å². The number of nitrogen functional groups attached to an aromatic ring is 1. The number of aromatic amines is 1. The average molecular weight is 285 g/mol. The van der Waals surface area contributed by atoms with Crippen molar-refractivity contribution in [3.05, 3.63) is 45.2 Å². The van der Waals surface area contributed by atoms with Crippen LogP contribution in [0.3, 0.4) is 0 Å². The molecule has 0 aliphatic carbocycles. The van der Waals surface area contributed by atoms with E-state index < -0.39 is 0 Å². The van der Waals surface area contributed by atoms with Crippen molar-refractivity contribution in [2.24, 2.45) is 0 Å². The zero-order valence-corrected chi connectivity index (χ0v) is 12.4. The van der Waals surface area contributed by atoms with Gasteiger partial charge in [-0.25, -0.2) is 4.98 Å². The van der Waals surface area contributed by atoms with Gasteiger partial charge in [0.05, 0.1) is 5.39 Å². The lowest BCUT2D eigenvalue weighted by Crippen LogP contribution is -2.10. The average Bonchev–Trinajstić information content (AvgIpc) is 2.65. The van der Waals surface area contributed by atoms with Crippen molar-refractivity contribution in [1.82, 2.24) is 9.97 Å². The molecular formula is C15H15N3OS. The summed E-state index contributed by atoms with van der Waals surface area (Å²) in [5.41, 5.74) is 9.94. The topological polar surface area (TPSA) is 71.8 Å². The van der Waals surface area contributed by atoms with Gasteiger partial charge in [0.25, 0.3) is 5.56 Å². The molecule has 3 N–H and O–H groups in total. The van der Waals surface area contributed by atoms with Crippen molar-refractivity contribution < 1.29 is 0 Å². The second-order valence-corrected chi connectivity index (χ2v) is 6.06. The molecule has 0 atom stereocenters. The minimum Gasteiger partial charge on any atom is -0.369 e. The van der Waals surface area contributed by atoms with Gasteiger partial charge in [-0.15, -0.1) is 11.3 Å². The highest BCUT2D eigenvalue weighted by Crippen LogP contribution is 2.36. The Hall–Kier alpha value is -2.14. The zero-order chi connectivity index (χ0) is 14.4. The second kappa shape index (κ2) is 4.45. The van der Waals surface area contributed by atoms with Crippen LogP contribution in [0.1, 0.15) is 16.7 Å². The fraction of sp³-hybridized carbons (Fsp3) is 0.200. The minimum atomic E-state index is -0.170. The summed E-state index contributed by atoms with van der Waals surface area (Å²) in [5, 5.41) is 0.637. The number of nitrogens with zero attached hydrogens (tertiary/aromatic N) is 1. The number of thiophene rings is 1. The third-order valence-corrected chi connectivity index (χ3v) is 4.54. The minimum absolute atomic E-state index is 0.163. The molecular weight excluding hydrogens is 270 g/mol. The number of nitrogens with two attached hydrogens (primary N) is 1. The first-order chi connectivity index (χ1) is 9.45. The van der Waals surface area contributed by atoms with Gasteiger partial charge >= 0.3 is 0 Å². The van der Waals surface area contributed by atoms with E-state index in [-0.39, 0.29) is 11.5 Å². The highest BCUT2D eigenvalue weighted by atomic mass is 32.1. The van der Waals surface area contributed by atoms with E-state index in [1.54, 1.807) is 0 Å². The summed E-state index contributed by atoms with van der Waals surface area (Å²) in [4.78, 5) is 20.6. The normalized spacial score (nSPS) is 11.2. The van der Waals surface area contributed by atoms with Crippen molar-refractivity contribution in [3.63, 3.8) is 0 Å². The lowest BCUT2D eigenvalue weighted by molar-refractivity contribution is 1.19. The number of anilines is 1. The quantitative estimate of drug-likeness (QED) is 0.721. The molecule has 0 saturated carbocycles. The van der Waals surface area contributed by atoms with Crippen molar-refractivity contribution in [1.29, 1.82) is 0 Å². The summed E-state index contributed by atoms with van der Waals surface area (Å²) < 4.78 is 0. The number of hydrogen-bond donors (Lipinski definition) is 2. The SMILES string of the molecule is Cc1cc(C)cc(-c2sc3nc(N)[nH]c(=O)c3c2C)c1. The second-order valence-electron chi connectivity index (χ2n) is 5.06. The first kappa shape index (κ1) is 12.9. The van der Waals surface area contributed by atoms with Crippen molar-refractivity contribution in [2.45, 2.75) is 20.8 Å². The molecule has 0 aliphatic rings. The van der Waals surface area contributed by atoms with Gasteiger partial charge < -0.3 is 5.73 Å². The highest BCUT2D eigenvalue weighted by Gasteiger charge is 2.15. The van der Waals surface area contributed by atoms with E-state index in [2.05, 4.69) is 42.0 Å². The van der Waals surface area contributed by atoms with Crippen LogP contribution in [0, 0.1) is 20.8 Å². The third-order valence-electron chi connectivity index (χ3n) is 3.30. The van der Waals surface area contributed by atoms with E-state index in [4.69, 9.17) is 5.73 Å². The number of hydrogen-bond acceptors (Lipinski definition) is 4. The molecule has 0 fully saturated rings. The Morgan fingerprint density at radius 1 is 1.15 bits per heavy atom. The fourth-order valence-corrected chi connectivity index (χ4v) is 3.72. The first-order valence-electron chi connectivity index (χ1n) is 6.33. The Kier molecular flexibility index (Phi) is 2.87. The van der Waals surface area contributed by atoms with Gasteiger partial charge in [-0.2, -0.15) is 0 Å². The Morgan fingerprint density at radius 3 is 2.45 bits per heavy atom. The zero-order valence-electron chi connectivity index (χ0n) is 11.6. The van der Waals surface area contributed by atoms with Gasteiger partial charge in [-0.05, 0) is 31.9 Å². The molecule has 2 aromatic heterocycles. The molecule has 20 heavy (non-hydrogen) atoms. The van der Waals surface area contributed by atoms with Crippen LogP contribution in [0.4, 0.5) is 5.95 Å². The van der Waals surface area contributed by atoms with Crippen LogP contribution in [0.15, 0.2) is 23.0 Å². The van der Waals surface area contributed by atoms with Crippen molar-refractivity contribution in [2.75, 3.05) is 5.73 Å². The molecule has 4 nitrogen and oxygen atoms in total. The summed E-state index contributed by atoms with van der Waals surface area (Å²) >= 11 is 1.51. The number of H-pyrrole nitrogens is 1. The molecule has 1 aromatic carbocycles. The standard InChI is InChI=1S/C15H15N3OS/c1-7-4-8(2)6-10(5-7)12-9(3)11-13(19)17-15(16)18-14(11)20-12/h4-6H,1-3H3,(H3,16,17,18,19). The van der Waals surface area contributed by atoms with E-state index in [9.17, 15) is 4.79 Å². The van der Waals surface area contributed by atoms with Crippen molar-refractivity contribution in [3.8, 4) is 10.4 Å². The van der Waals surface area contributed by atoms with E-state index in [0.717, 1.165) is 16.0 Å². The summed E-state index contributed by atoms with van der Waals surface area (Å²) in [6.07, 6.45) is 0. The van der Waals surface area contributed by atoms with Gasteiger partial charge in [-0.3, -0.25) is 9.78 Å². The Labute approximate surface area is 120 Å². The van der Waals surface area contributed by atoms with Crippen LogP contribution in [-0.4, -0.2) is 9.97 Å². The van der Waals surface area contributed by atoms with Crippen LogP contribution in [0.2, 0.25) is 0 Å². The molecule has 0 saturated heterocycles. The predicted molar refractivity (Wildman–Crippen MR) is 84.3 cm³/mol. The number of nitrogens with one attached hydrogen (secondary N) is 1. The highest BCUT2D eigenvalue weighted by molar-refractivity contribution is 7.22. The lowest BCUT2D eigenvalue weighted by atomic mass is 10.0. The molecule has 2 heterocycles. The molecule has 0 unspecified atom stereocenters. The Morgan fingerprint density at radius 2 is 1.80 bits per heavy atom. The Balaban J connectivity index is 2.35. The van der Waals surface area contributed by atoms with Crippen LogP contribution >= 0.6 is 11.3 Å². The maximum Gasteiger partial charge on any atom is 0.261 e. The van der Waals surface area contributed by atoms with Crippen LogP contribution in [-0.2, 0) is 0 Å². The molecule has 0 bridgehead atoms. The Bertz CT molecular complexity index is 856. The number of aromatic nitrogens is 2. The predicted octanol–water partition coefficient (Wildman–Crippen LogP) is 3.16. The molecule has 5 heteroatoms. The summed E-state index contributed by atoms with van der Waals surface area (Å²) in [6.45, 7) is 6.10. The van der Waals surface area contributed by atoms with Gasteiger partial charge in [0.2, 0.25) is 5.95 Å². The maximum absolute atomic E-state index is 12.0. The van der Waals surface area contributed by atoms with Gasteiger partial charge in [-0.1, -0.05) is 29.3 Å². The maximum atomic E-state index is 12.0. The molecule has 3 rings (SSSR count). The first-order valence-corrected chi connectivity index (χ1v) is 7.15. The van der Waals surface area contributed by atoms with E-state index in [1.165, 1.54) is 22.5 Å². The molecule has 0 radical (unpaired) electrons. The molecule has 3 aromatic rings. The van der Waals surface area contributed by atoms with Gasteiger partial charge in [0.15, 0.2) is 0 Å². The molecule has 0 aliphatic heterocycles. The van der Waals surface area contributed by atoms with Crippen molar-refractivity contribution >= 4 is 27.5 Å². The smallest absolute Gasteiger partial charge is 0.261 e. The van der Waals surface area contributed by atoms with E-state index >= 15 is 0 Å². The summed E-state index contributed by atoms with van der Waals surface area (Å²) in [7, 11) is 0. The van der Waals surface area contributed by atoms with Gasteiger partial charge in [0, 0.05) is 4.88 Å².